The van der Waals surface area contributed by atoms with Crippen LogP contribution in [0.2, 0.25) is 0 Å². The quantitative estimate of drug-likeness (QED) is 0.838. The Balaban J connectivity index is 1.43. The molecule has 25 heavy (non-hydrogen) atoms. The molecule has 2 aliphatic heterocycles. The molecule has 1 atom stereocenters. The van der Waals surface area contributed by atoms with Gasteiger partial charge in [0.15, 0.2) is 0 Å². The van der Waals surface area contributed by atoms with Crippen molar-refractivity contribution in [1.82, 2.24) is 9.80 Å². The van der Waals surface area contributed by atoms with E-state index in [0.717, 1.165) is 39.0 Å². The molecule has 0 spiro atoms. The van der Waals surface area contributed by atoms with Crippen LogP contribution in [-0.2, 0) is 13.0 Å². The van der Waals surface area contributed by atoms with Crippen molar-refractivity contribution >= 4 is 5.91 Å². The molecule has 1 fully saturated rings. The second-order valence-corrected chi connectivity index (χ2v) is 7.15. The number of hydrogen-bond acceptors (Lipinski definition) is 2. The third kappa shape index (κ3) is 3.19. The summed E-state index contributed by atoms with van der Waals surface area (Å²) in [5, 5.41) is 0. The summed E-state index contributed by atoms with van der Waals surface area (Å²) in [6.45, 7) is 5.20. The zero-order chi connectivity index (χ0) is 17.4. The Labute approximate surface area is 148 Å². The Bertz CT molecular complexity index is 804. The Morgan fingerprint density at radius 2 is 1.92 bits per heavy atom. The Hall–Kier alpha value is -2.20. The van der Waals surface area contributed by atoms with Crippen molar-refractivity contribution < 1.29 is 9.18 Å². The van der Waals surface area contributed by atoms with E-state index in [0.29, 0.717) is 17.2 Å². The number of aryl methyl sites for hydroxylation is 1. The molecular formula is C21H23FN2O. The zero-order valence-corrected chi connectivity index (χ0v) is 14.5. The number of halogens is 1. The highest BCUT2D eigenvalue weighted by Gasteiger charge is 2.32. The van der Waals surface area contributed by atoms with Gasteiger partial charge in [0, 0.05) is 37.8 Å². The first-order valence-corrected chi connectivity index (χ1v) is 8.98. The van der Waals surface area contributed by atoms with E-state index in [-0.39, 0.29) is 11.7 Å². The van der Waals surface area contributed by atoms with Crippen LogP contribution in [0.25, 0.3) is 0 Å². The molecule has 0 aliphatic carbocycles. The van der Waals surface area contributed by atoms with Gasteiger partial charge in [-0.25, -0.2) is 4.39 Å². The molecule has 2 aromatic rings. The van der Waals surface area contributed by atoms with Gasteiger partial charge in [-0.05, 0) is 48.6 Å². The molecule has 1 saturated heterocycles. The van der Waals surface area contributed by atoms with Crippen molar-refractivity contribution in [3.63, 3.8) is 0 Å². The van der Waals surface area contributed by atoms with Crippen LogP contribution in [0.3, 0.4) is 0 Å². The molecule has 0 bridgehead atoms. The lowest BCUT2D eigenvalue weighted by Gasteiger charge is -2.33. The van der Waals surface area contributed by atoms with Crippen molar-refractivity contribution in [2.24, 2.45) is 0 Å². The summed E-state index contributed by atoms with van der Waals surface area (Å²) in [6, 6.07) is 13.8. The summed E-state index contributed by atoms with van der Waals surface area (Å²) in [5.41, 5.74) is 3.87. The van der Waals surface area contributed by atoms with Crippen molar-refractivity contribution in [3.05, 3.63) is 70.5 Å². The van der Waals surface area contributed by atoms with Gasteiger partial charge in [0.2, 0.25) is 0 Å². The van der Waals surface area contributed by atoms with Gasteiger partial charge in [-0.2, -0.15) is 0 Å². The Kier molecular flexibility index (Phi) is 4.30. The van der Waals surface area contributed by atoms with Gasteiger partial charge in [0.05, 0.1) is 0 Å². The minimum Gasteiger partial charge on any atom is -0.337 e. The lowest BCUT2D eigenvalue weighted by molar-refractivity contribution is 0.0773. The second kappa shape index (κ2) is 6.60. The number of carbonyl (C=O) groups is 1. The smallest absolute Gasteiger partial charge is 0.254 e. The van der Waals surface area contributed by atoms with E-state index >= 15 is 0 Å². The largest absolute Gasteiger partial charge is 0.337 e. The predicted molar refractivity (Wildman–Crippen MR) is 96.0 cm³/mol. The minimum absolute atomic E-state index is 0.0567. The molecule has 2 aromatic carbocycles. The van der Waals surface area contributed by atoms with Crippen LogP contribution in [0, 0.1) is 12.7 Å². The summed E-state index contributed by atoms with van der Waals surface area (Å²) >= 11 is 0. The lowest BCUT2D eigenvalue weighted by atomic mass is 9.98. The number of rotatable bonds is 2. The van der Waals surface area contributed by atoms with Gasteiger partial charge in [0.1, 0.15) is 5.82 Å². The molecule has 2 aliphatic rings. The van der Waals surface area contributed by atoms with E-state index in [1.165, 1.54) is 17.2 Å². The van der Waals surface area contributed by atoms with E-state index < -0.39 is 0 Å². The highest BCUT2D eigenvalue weighted by Crippen LogP contribution is 2.25. The normalized spacial score (nSPS) is 20.6. The maximum atomic E-state index is 13.8. The first-order chi connectivity index (χ1) is 12.1. The molecule has 2 heterocycles. The second-order valence-electron chi connectivity index (χ2n) is 7.15. The predicted octanol–water partition coefficient (Wildman–Crippen LogP) is 3.41. The SMILES string of the molecule is Cc1ccc(C(=O)N2CCC(N3CCc4ccccc4C3)C2)cc1F. The highest BCUT2D eigenvalue weighted by molar-refractivity contribution is 5.94. The van der Waals surface area contributed by atoms with E-state index in [1.807, 2.05) is 4.90 Å². The fourth-order valence-electron chi connectivity index (χ4n) is 3.96. The molecule has 1 unspecified atom stereocenters. The topological polar surface area (TPSA) is 23.6 Å². The molecule has 130 valence electrons. The Morgan fingerprint density at radius 3 is 2.72 bits per heavy atom. The summed E-state index contributed by atoms with van der Waals surface area (Å²) in [6.07, 6.45) is 2.06. The van der Waals surface area contributed by atoms with Crippen LogP contribution in [0.1, 0.15) is 33.5 Å². The Morgan fingerprint density at radius 1 is 1.12 bits per heavy atom. The summed E-state index contributed by atoms with van der Waals surface area (Å²) in [4.78, 5) is 17.0. The average molecular weight is 338 g/mol. The molecule has 0 aromatic heterocycles. The molecule has 3 nitrogen and oxygen atoms in total. The number of benzene rings is 2. The van der Waals surface area contributed by atoms with Crippen molar-refractivity contribution in [2.45, 2.75) is 32.4 Å². The van der Waals surface area contributed by atoms with Crippen LogP contribution < -0.4 is 0 Å². The maximum Gasteiger partial charge on any atom is 0.254 e. The molecule has 1 amide bonds. The molecular weight excluding hydrogens is 315 g/mol. The van der Waals surface area contributed by atoms with Gasteiger partial charge in [-0.1, -0.05) is 30.3 Å². The number of carbonyl (C=O) groups excluding carboxylic acids is 1. The van der Waals surface area contributed by atoms with Gasteiger partial charge in [0.25, 0.3) is 5.91 Å². The monoisotopic (exact) mass is 338 g/mol. The average Bonchev–Trinajstić information content (AvgIpc) is 3.13. The third-order valence-corrected chi connectivity index (χ3v) is 5.55. The first kappa shape index (κ1) is 16.3. The van der Waals surface area contributed by atoms with Crippen molar-refractivity contribution in [2.75, 3.05) is 19.6 Å². The fourth-order valence-corrected chi connectivity index (χ4v) is 3.96. The summed E-state index contributed by atoms with van der Waals surface area (Å²) in [7, 11) is 0. The fraction of sp³-hybridized carbons (Fsp3) is 0.381. The van der Waals surface area contributed by atoms with Crippen LogP contribution in [-0.4, -0.2) is 41.4 Å². The standard InChI is InChI=1S/C21H23FN2O/c1-15-6-7-17(12-20(15)22)21(25)24-11-9-19(14-24)23-10-8-16-4-2-3-5-18(16)13-23/h2-7,12,19H,8-11,13-14H2,1H3. The van der Waals surface area contributed by atoms with Gasteiger partial charge in [-0.15, -0.1) is 0 Å². The van der Waals surface area contributed by atoms with E-state index in [2.05, 4.69) is 29.2 Å². The van der Waals surface area contributed by atoms with Crippen LogP contribution >= 0.6 is 0 Å². The summed E-state index contributed by atoms with van der Waals surface area (Å²) in [5.74, 6) is -0.368. The van der Waals surface area contributed by atoms with Crippen LogP contribution in [0.5, 0.6) is 0 Å². The number of amides is 1. The molecule has 4 rings (SSSR count). The molecule has 0 saturated carbocycles. The minimum atomic E-state index is -0.311. The number of likely N-dealkylation sites (tertiary alicyclic amines) is 1. The van der Waals surface area contributed by atoms with Crippen molar-refractivity contribution in [1.29, 1.82) is 0 Å². The number of fused-ring (bicyclic) bond motifs is 1. The van der Waals surface area contributed by atoms with Gasteiger partial charge in [-0.3, -0.25) is 9.69 Å². The maximum absolute atomic E-state index is 13.8. The molecule has 0 N–H and O–H groups in total. The summed E-state index contributed by atoms with van der Waals surface area (Å²) < 4.78 is 13.8. The van der Waals surface area contributed by atoms with E-state index in [9.17, 15) is 9.18 Å². The van der Waals surface area contributed by atoms with Gasteiger partial charge >= 0.3 is 0 Å². The van der Waals surface area contributed by atoms with Crippen LogP contribution in [0.15, 0.2) is 42.5 Å². The molecule has 0 radical (unpaired) electrons. The lowest BCUT2D eigenvalue weighted by Crippen LogP contribution is -2.41. The third-order valence-electron chi connectivity index (χ3n) is 5.55. The number of nitrogens with zero attached hydrogens (tertiary/aromatic N) is 2. The van der Waals surface area contributed by atoms with E-state index in [4.69, 9.17) is 0 Å². The van der Waals surface area contributed by atoms with Gasteiger partial charge < -0.3 is 4.90 Å². The van der Waals surface area contributed by atoms with Crippen LogP contribution in [0.4, 0.5) is 4.39 Å². The van der Waals surface area contributed by atoms with E-state index in [1.54, 1.807) is 19.1 Å². The first-order valence-electron chi connectivity index (χ1n) is 8.98. The number of hydrogen-bond donors (Lipinski definition) is 0. The van der Waals surface area contributed by atoms with Crippen molar-refractivity contribution in [3.8, 4) is 0 Å². The zero-order valence-electron chi connectivity index (χ0n) is 14.5. The highest BCUT2D eigenvalue weighted by atomic mass is 19.1. The molecule has 4 heteroatoms.